The van der Waals surface area contributed by atoms with Gasteiger partial charge in [0.15, 0.2) is 0 Å². The van der Waals surface area contributed by atoms with Crippen LogP contribution >= 0.6 is 0 Å². The van der Waals surface area contributed by atoms with E-state index >= 15 is 0 Å². The average Bonchev–Trinajstić information content (AvgIpc) is 2.91. The molecule has 0 bridgehead atoms. The van der Waals surface area contributed by atoms with Gasteiger partial charge in [0.05, 0.1) is 12.9 Å². The molecule has 3 heteroatoms. The van der Waals surface area contributed by atoms with Crippen molar-refractivity contribution in [3.05, 3.63) is 48.5 Å². The second-order valence-corrected chi connectivity index (χ2v) is 6.10. The molecule has 20 heavy (non-hydrogen) atoms. The van der Waals surface area contributed by atoms with Crippen LogP contribution in [0.3, 0.4) is 0 Å². The number of ether oxygens (including phenoxy) is 1. The van der Waals surface area contributed by atoms with Crippen LogP contribution in [-0.4, -0.2) is 16.2 Å². The smallest absolute Gasteiger partial charge is 0.123 e. The summed E-state index contributed by atoms with van der Waals surface area (Å²) in [5.74, 6) is 1.02. The van der Waals surface area contributed by atoms with Crippen LogP contribution in [0.2, 0.25) is 0 Å². The van der Waals surface area contributed by atoms with Crippen LogP contribution in [0.5, 0.6) is 5.75 Å². The van der Waals surface area contributed by atoms with Gasteiger partial charge in [0.25, 0.3) is 0 Å². The van der Waals surface area contributed by atoms with Crippen molar-refractivity contribution in [2.45, 2.75) is 45.6 Å². The standard InChI is InChI=1S/C17H24N2O/c1-17(2,3)15-8-4-5-9-16(15)20-13-7-6-11-19-12-10-18-14-19/h4-5,8-10,12,14H,6-7,11,13H2,1-3H3. The number of para-hydroxylation sites is 1. The maximum Gasteiger partial charge on any atom is 0.123 e. The molecule has 2 rings (SSSR count). The number of unbranched alkanes of at least 4 members (excludes halogenated alkanes) is 1. The molecule has 0 atom stereocenters. The first-order valence-corrected chi connectivity index (χ1v) is 7.25. The molecule has 1 aromatic carbocycles. The maximum absolute atomic E-state index is 5.96. The van der Waals surface area contributed by atoms with Gasteiger partial charge in [0, 0.05) is 18.9 Å². The topological polar surface area (TPSA) is 27.1 Å². The van der Waals surface area contributed by atoms with E-state index in [1.54, 1.807) is 0 Å². The zero-order valence-corrected chi connectivity index (χ0v) is 12.7. The average molecular weight is 272 g/mol. The number of hydrogen-bond donors (Lipinski definition) is 0. The van der Waals surface area contributed by atoms with Gasteiger partial charge in [0.2, 0.25) is 0 Å². The SMILES string of the molecule is CC(C)(C)c1ccccc1OCCCCn1ccnc1. The fourth-order valence-corrected chi connectivity index (χ4v) is 2.21. The summed E-state index contributed by atoms with van der Waals surface area (Å²) in [5, 5.41) is 0. The van der Waals surface area contributed by atoms with Gasteiger partial charge in [-0.3, -0.25) is 0 Å². The lowest BCUT2D eigenvalue weighted by Gasteiger charge is -2.22. The Bertz CT molecular complexity index is 512. The van der Waals surface area contributed by atoms with Crippen molar-refractivity contribution in [2.24, 2.45) is 0 Å². The predicted molar refractivity (Wildman–Crippen MR) is 82.1 cm³/mol. The van der Waals surface area contributed by atoms with Gasteiger partial charge < -0.3 is 9.30 Å². The summed E-state index contributed by atoms with van der Waals surface area (Å²) < 4.78 is 8.06. The summed E-state index contributed by atoms with van der Waals surface area (Å²) in [6.07, 6.45) is 7.83. The highest BCUT2D eigenvalue weighted by atomic mass is 16.5. The van der Waals surface area contributed by atoms with E-state index in [1.165, 1.54) is 5.56 Å². The van der Waals surface area contributed by atoms with Gasteiger partial charge >= 0.3 is 0 Å². The number of aryl methyl sites for hydroxylation is 1. The van der Waals surface area contributed by atoms with E-state index in [9.17, 15) is 0 Å². The first-order valence-electron chi connectivity index (χ1n) is 7.25. The van der Waals surface area contributed by atoms with E-state index in [4.69, 9.17) is 4.74 Å². The third-order valence-electron chi connectivity index (χ3n) is 3.32. The lowest BCUT2D eigenvalue weighted by molar-refractivity contribution is 0.295. The molecule has 0 radical (unpaired) electrons. The first-order chi connectivity index (χ1) is 9.57. The second kappa shape index (κ2) is 6.60. The summed E-state index contributed by atoms with van der Waals surface area (Å²) in [4.78, 5) is 4.04. The Kier molecular flexibility index (Phi) is 4.83. The number of benzene rings is 1. The number of aromatic nitrogens is 2. The molecule has 2 aromatic rings. The van der Waals surface area contributed by atoms with Gasteiger partial charge in [0.1, 0.15) is 5.75 Å². The van der Waals surface area contributed by atoms with Gasteiger partial charge in [-0.25, -0.2) is 4.98 Å². The number of nitrogens with zero attached hydrogens (tertiary/aromatic N) is 2. The minimum atomic E-state index is 0.118. The summed E-state index contributed by atoms with van der Waals surface area (Å²) in [7, 11) is 0. The lowest BCUT2D eigenvalue weighted by atomic mass is 9.86. The van der Waals surface area contributed by atoms with Gasteiger partial charge in [-0.2, -0.15) is 0 Å². The lowest BCUT2D eigenvalue weighted by Crippen LogP contribution is -2.13. The van der Waals surface area contributed by atoms with E-state index in [2.05, 4.69) is 48.5 Å². The Morgan fingerprint density at radius 2 is 1.95 bits per heavy atom. The molecule has 0 saturated heterocycles. The quantitative estimate of drug-likeness (QED) is 0.742. The molecule has 0 spiro atoms. The van der Waals surface area contributed by atoms with Crippen LogP contribution in [-0.2, 0) is 12.0 Å². The normalized spacial score (nSPS) is 11.6. The molecular weight excluding hydrogens is 248 g/mol. The minimum Gasteiger partial charge on any atom is -0.493 e. The largest absolute Gasteiger partial charge is 0.493 e. The Hall–Kier alpha value is -1.77. The van der Waals surface area contributed by atoms with Crippen LogP contribution in [0.25, 0.3) is 0 Å². The van der Waals surface area contributed by atoms with E-state index in [-0.39, 0.29) is 5.41 Å². The molecule has 0 aliphatic rings. The highest BCUT2D eigenvalue weighted by Crippen LogP contribution is 2.30. The third-order valence-corrected chi connectivity index (χ3v) is 3.32. The first kappa shape index (κ1) is 14.6. The molecule has 0 N–H and O–H groups in total. The highest BCUT2D eigenvalue weighted by Gasteiger charge is 2.18. The Morgan fingerprint density at radius 1 is 1.15 bits per heavy atom. The van der Waals surface area contributed by atoms with Crippen LogP contribution in [0.4, 0.5) is 0 Å². The predicted octanol–water partition coefficient (Wildman–Crippen LogP) is 4.04. The Morgan fingerprint density at radius 3 is 2.65 bits per heavy atom. The second-order valence-electron chi connectivity index (χ2n) is 6.10. The molecule has 1 aromatic heterocycles. The maximum atomic E-state index is 5.96. The number of hydrogen-bond acceptors (Lipinski definition) is 2. The summed E-state index contributed by atoms with van der Waals surface area (Å²) in [6, 6.07) is 8.33. The van der Waals surface area contributed by atoms with Gasteiger partial charge in [-0.1, -0.05) is 39.0 Å². The van der Waals surface area contributed by atoms with Crippen molar-refractivity contribution in [1.29, 1.82) is 0 Å². The van der Waals surface area contributed by atoms with Crippen molar-refractivity contribution >= 4 is 0 Å². The molecule has 0 amide bonds. The fourth-order valence-electron chi connectivity index (χ4n) is 2.21. The minimum absolute atomic E-state index is 0.118. The van der Waals surface area contributed by atoms with Crippen molar-refractivity contribution in [1.82, 2.24) is 9.55 Å². The van der Waals surface area contributed by atoms with Gasteiger partial charge in [-0.05, 0) is 29.9 Å². The summed E-state index contributed by atoms with van der Waals surface area (Å²) in [6.45, 7) is 8.42. The third kappa shape index (κ3) is 4.12. The molecule has 0 unspecified atom stereocenters. The molecule has 3 nitrogen and oxygen atoms in total. The van der Waals surface area contributed by atoms with E-state index in [0.717, 1.165) is 31.7 Å². The van der Waals surface area contributed by atoms with Gasteiger partial charge in [-0.15, -0.1) is 0 Å². The summed E-state index contributed by atoms with van der Waals surface area (Å²) >= 11 is 0. The van der Waals surface area contributed by atoms with Crippen LogP contribution in [0.15, 0.2) is 43.0 Å². The molecule has 0 aliphatic carbocycles. The zero-order valence-electron chi connectivity index (χ0n) is 12.7. The summed E-state index contributed by atoms with van der Waals surface area (Å²) in [5.41, 5.74) is 1.39. The molecule has 0 aliphatic heterocycles. The van der Waals surface area contributed by atoms with Crippen LogP contribution < -0.4 is 4.74 Å². The zero-order chi connectivity index (χ0) is 14.4. The molecular formula is C17H24N2O. The fraction of sp³-hybridized carbons (Fsp3) is 0.471. The van der Waals surface area contributed by atoms with Crippen molar-refractivity contribution in [3.63, 3.8) is 0 Å². The van der Waals surface area contributed by atoms with Crippen LogP contribution in [0.1, 0.15) is 39.2 Å². The monoisotopic (exact) mass is 272 g/mol. The Balaban J connectivity index is 1.79. The van der Waals surface area contributed by atoms with Crippen molar-refractivity contribution < 1.29 is 4.74 Å². The number of imidazole rings is 1. The molecule has 1 heterocycles. The number of rotatable bonds is 6. The van der Waals surface area contributed by atoms with Crippen molar-refractivity contribution in [2.75, 3.05) is 6.61 Å². The van der Waals surface area contributed by atoms with E-state index in [1.807, 2.05) is 24.8 Å². The van der Waals surface area contributed by atoms with Crippen molar-refractivity contribution in [3.8, 4) is 5.75 Å². The molecule has 0 saturated carbocycles. The van der Waals surface area contributed by atoms with E-state index in [0.29, 0.717) is 0 Å². The Labute approximate surface area is 121 Å². The highest BCUT2D eigenvalue weighted by molar-refractivity contribution is 5.38. The molecule has 108 valence electrons. The van der Waals surface area contributed by atoms with Crippen LogP contribution in [0, 0.1) is 0 Å². The van der Waals surface area contributed by atoms with E-state index < -0.39 is 0 Å². The molecule has 0 fully saturated rings.